The second-order valence-corrected chi connectivity index (χ2v) is 8.50. The molecule has 0 bridgehead atoms. The molecular weight excluding hydrogens is 397 g/mol. The molecule has 1 saturated heterocycles. The van der Waals surface area contributed by atoms with E-state index in [0.29, 0.717) is 37.6 Å². The van der Waals surface area contributed by atoms with Gasteiger partial charge >= 0.3 is 6.18 Å². The normalized spacial score (nSPS) is 19.0. The first-order chi connectivity index (χ1) is 14.2. The van der Waals surface area contributed by atoms with E-state index in [2.05, 4.69) is 43.4 Å². The van der Waals surface area contributed by atoms with Crippen molar-refractivity contribution >= 4 is 17.3 Å². The van der Waals surface area contributed by atoms with E-state index in [1.807, 2.05) is 11.8 Å². The first kappa shape index (κ1) is 19.1. The maximum absolute atomic E-state index is 13.3. The Kier molecular flexibility index (Phi) is 4.03. The molecule has 8 nitrogen and oxygen atoms in total. The Morgan fingerprint density at radius 3 is 2.30 bits per heavy atom. The fraction of sp³-hybridized carbons (Fsp3) is 0.579. The third-order valence-corrected chi connectivity index (χ3v) is 6.44. The van der Waals surface area contributed by atoms with Crippen LogP contribution in [-0.4, -0.2) is 56.2 Å². The van der Waals surface area contributed by atoms with Crippen LogP contribution in [-0.2, 0) is 11.6 Å². The Morgan fingerprint density at radius 2 is 1.67 bits per heavy atom. The summed E-state index contributed by atoms with van der Waals surface area (Å²) in [5.74, 6) is 0.364. The van der Waals surface area contributed by atoms with E-state index in [-0.39, 0.29) is 11.1 Å². The SMILES string of the molecule is Cc1c(N2CCN(c3cc(C4(C)CC4)[nH]n3)CC2)nn2c(C(F)(F)F)nnc2c1C. The van der Waals surface area contributed by atoms with Gasteiger partial charge in [0, 0.05) is 54.5 Å². The molecule has 160 valence electrons. The highest BCUT2D eigenvalue weighted by atomic mass is 19.4. The monoisotopic (exact) mass is 420 g/mol. The summed E-state index contributed by atoms with van der Waals surface area (Å²) in [7, 11) is 0. The van der Waals surface area contributed by atoms with Crippen LogP contribution in [0.15, 0.2) is 6.07 Å². The number of nitrogens with one attached hydrogen (secondary N) is 1. The van der Waals surface area contributed by atoms with Crippen molar-refractivity contribution in [2.75, 3.05) is 36.0 Å². The van der Waals surface area contributed by atoms with Gasteiger partial charge in [-0.3, -0.25) is 5.10 Å². The standard InChI is InChI=1S/C19H23F3N8/c1-11-12(2)16(27-30-15(11)25-26-17(30)19(20,21)22)29-8-6-28(7-9-29)14-10-13(23-24-14)18(3)4-5-18/h10H,4-9H2,1-3H3,(H,23,24). The van der Waals surface area contributed by atoms with E-state index in [0.717, 1.165) is 15.9 Å². The molecule has 1 N–H and O–H groups in total. The molecule has 1 aliphatic heterocycles. The third-order valence-electron chi connectivity index (χ3n) is 6.44. The number of aromatic nitrogens is 6. The summed E-state index contributed by atoms with van der Waals surface area (Å²) in [5.41, 5.74) is 3.02. The molecule has 0 unspecified atom stereocenters. The zero-order chi connectivity index (χ0) is 21.3. The van der Waals surface area contributed by atoms with Crippen LogP contribution >= 0.6 is 0 Å². The molecule has 5 rings (SSSR count). The molecule has 4 heterocycles. The number of hydrogen-bond acceptors (Lipinski definition) is 6. The first-order valence-electron chi connectivity index (χ1n) is 10.0. The van der Waals surface area contributed by atoms with E-state index in [1.165, 1.54) is 18.5 Å². The minimum absolute atomic E-state index is 0.139. The van der Waals surface area contributed by atoms with Crippen molar-refractivity contribution in [1.29, 1.82) is 0 Å². The number of H-pyrrole nitrogens is 1. The molecule has 3 aromatic rings. The average Bonchev–Trinajstić information content (AvgIpc) is 3.12. The molecule has 0 amide bonds. The molecular formula is C19H23F3N8. The number of nitrogens with zero attached hydrogens (tertiary/aromatic N) is 7. The van der Waals surface area contributed by atoms with Crippen LogP contribution in [0.2, 0.25) is 0 Å². The molecule has 2 fully saturated rings. The number of piperazine rings is 1. The summed E-state index contributed by atoms with van der Waals surface area (Å²) in [6.07, 6.45) is -2.25. The highest BCUT2D eigenvalue weighted by Gasteiger charge is 2.41. The van der Waals surface area contributed by atoms with Gasteiger partial charge in [0.2, 0.25) is 0 Å². The Bertz CT molecular complexity index is 1100. The van der Waals surface area contributed by atoms with E-state index < -0.39 is 12.0 Å². The van der Waals surface area contributed by atoms with Gasteiger partial charge in [0.05, 0.1) is 0 Å². The number of rotatable bonds is 3. The minimum atomic E-state index is -4.61. The number of fused-ring (bicyclic) bond motifs is 1. The van der Waals surface area contributed by atoms with Gasteiger partial charge in [-0.25, -0.2) is 0 Å². The quantitative estimate of drug-likeness (QED) is 0.702. The number of halogens is 3. The molecule has 3 aromatic heterocycles. The maximum atomic E-state index is 13.3. The predicted octanol–water partition coefficient (Wildman–Crippen LogP) is 2.86. The first-order valence-corrected chi connectivity index (χ1v) is 10.0. The number of aromatic amines is 1. The van der Waals surface area contributed by atoms with Gasteiger partial charge in [0.1, 0.15) is 0 Å². The van der Waals surface area contributed by atoms with Gasteiger partial charge in [0.15, 0.2) is 17.3 Å². The van der Waals surface area contributed by atoms with Crippen LogP contribution < -0.4 is 9.80 Å². The fourth-order valence-corrected chi connectivity index (χ4v) is 3.98. The van der Waals surface area contributed by atoms with Gasteiger partial charge in [-0.1, -0.05) is 6.92 Å². The molecule has 0 atom stereocenters. The molecule has 2 aliphatic rings. The lowest BCUT2D eigenvalue weighted by atomic mass is 10.1. The molecule has 1 saturated carbocycles. The van der Waals surface area contributed by atoms with Gasteiger partial charge in [-0.2, -0.15) is 22.8 Å². The van der Waals surface area contributed by atoms with Crippen molar-refractivity contribution in [2.45, 2.75) is 45.2 Å². The summed E-state index contributed by atoms with van der Waals surface area (Å²) < 4.78 is 40.7. The second-order valence-electron chi connectivity index (χ2n) is 8.50. The highest BCUT2D eigenvalue weighted by molar-refractivity contribution is 5.60. The summed E-state index contributed by atoms with van der Waals surface area (Å²) >= 11 is 0. The largest absolute Gasteiger partial charge is 0.453 e. The van der Waals surface area contributed by atoms with Crippen LogP contribution in [0.25, 0.3) is 5.65 Å². The van der Waals surface area contributed by atoms with E-state index >= 15 is 0 Å². The summed E-state index contributed by atoms with van der Waals surface area (Å²) in [6.45, 7) is 8.56. The topological polar surface area (TPSA) is 78.2 Å². The van der Waals surface area contributed by atoms with Crippen LogP contribution in [0.3, 0.4) is 0 Å². The van der Waals surface area contributed by atoms with Gasteiger partial charge in [0.25, 0.3) is 5.82 Å². The molecule has 1 aliphatic carbocycles. The van der Waals surface area contributed by atoms with Crippen molar-refractivity contribution in [3.05, 3.63) is 28.7 Å². The number of aryl methyl sites for hydroxylation is 1. The zero-order valence-corrected chi connectivity index (χ0v) is 17.1. The van der Waals surface area contributed by atoms with Crippen molar-refractivity contribution < 1.29 is 13.2 Å². The van der Waals surface area contributed by atoms with Gasteiger partial charge in [-0.05, 0) is 26.7 Å². The van der Waals surface area contributed by atoms with Crippen molar-refractivity contribution in [3.8, 4) is 0 Å². The van der Waals surface area contributed by atoms with E-state index in [9.17, 15) is 13.2 Å². The predicted molar refractivity (Wildman–Crippen MR) is 105 cm³/mol. The van der Waals surface area contributed by atoms with Gasteiger partial charge in [-0.15, -0.1) is 15.3 Å². The summed E-state index contributed by atoms with van der Waals surface area (Å²) in [4.78, 5) is 4.22. The summed E-state index contributed by atoms with van der Waals surface area (Å²) in [6, 6.07) is 2.12. The number of alkyl halides is 3. The van der Waals surface area contributed by atoms with Crippen LogP contribution in [0.5, 0.6) is 0 Å². The Hall–Kier alpha value is -2.85. The average molecular weight is 420 g/mol. The zero-order valence-electron chi connectivity index (χ0n) is 17.1. The Labute approximate surface area is 171 Å². The fourth-order valence-electron chi connectivity index (χ4n) is 3.98. The molecule has 30 heavy (non-hydrogen) atoms. The van der Waals surface area contributed by atoms with Crippen molar-refractivity contribution in [3.63, 3.8) is 0 Å². The lowest BCUT2D eigenvalue weighted by Crippen LogP contribution is -2.47. The molecule has 11 heteroatoms. The van der Waals surface area contributed by atoms with Crippen molar-refractivity contribution in [1.82, 2.24) is 30.0 Å². The van der Waals surface area contributed by atoms with Gasteiger partial charge < -0.3 is 9.80 Å². The Morgan fingerprint density at radius 1 is 1.00 bits per heavy atom. The van der Waals surface area contributed by atoms with E-state index in [1.54, 1.807) is 6.92 Å². The number of hydrogen-bond donors (Lipinski definition) is 1. The van der Waals surface area contributed by atoms with Crippen LogP contribution in [0, 0.1) is 13.8 Å². The molecule has 0 radical (unpaired) electrons. The van der Waals surface area contributed by atoms with Crippen LogP contribution in [0.4, 0.5) is 24.8 Å². The van der Waals surface area contributed by atoms with Crippen LogP contribution in [0.1, 0.15) is 42.4 Å². The van der Waals surface area contributed by atoms with E-state index in [4.69, 9.17) is 0 Å². The number of anilines is 2. The lowest BCUT2D eigenvalue weighted by Gasteiger charge is -2.36. The highest BCUT2D eigenvalue weighted by Crippen LogP contribution is 2.47. The van der Waals surface area contributed by atoms with Crippen molar-refractivity contribution in [2.24, 2.45) is 0 Å². The smallest absolute Gasteiger partial charge is 0.352 e. The third kappa shape index (κ3) is 2.98. The Balaban J connectivity index is 1.39. The molecule has 0 spiro atoms. The lowest BCUT2D eigenvalue weighted by molar-refractivity contribution is -0.146. The summed E-state index contributed by atoms with van der Waals surface area (Å²) in [5, 5.41) is 18.9. The minimum Gasteiger partial charge on any atom is -0.352 e. The maximum Gasteiger partial charge on any atom is 0.453 e. The second kappa shape index (κ2) is 6.32. The molecule has 0 aromatic carbocycles.